The first-order valence-corrected chi connectivity index (χ1v) is 10.9. The van der Waals surface area contributed by atoms with E-state index in [-0.39, 0.29) is 78.5 Å². The minimum atomic E-state index is -0.177. The van der Waals surface area contributed by atoms with Crippen LogP contribution in [0.5, 0.6) is 5.75 Å². The molecule has 1 saturated carbocycles. The van der Waals surface area contributed by atoms with E-state index in [1.165, 1.54) is 4.90 Å². The van der Waals surface area contributed by atoms with Crippen LogP contribution in [0.15, 0.2) is 41.4 Å². The Kier molecular flexibility index (Phi) is 8.33. The van der Waals surface area contributed by atoms with E-state index in [9.17, 15) is 14.4 Å². The summed E-state index contributed by atoms with van der Waals surface area (Å²) in [5.74, 6) is 0.986. The monoisotopic (exact) mass is 567 g/mol. The lowest BCUT2D eigenvalue weighted by Crippen LogP contribution is -2.46. The van der Waals surface area contributed by atoms with Crippen molar-refractivity contribution in [1.29, 1.82) is 0 Å². The number of benzene rings is 1. The smallest absolute Gasteiger partial charge is 0.239 e. The molecule has 1 aliphatic heterocycles. The molecule has 1 saturated heterocycles. The van der Waals surface area contributed by atoms with Crippen LogP contribution in [0.1, 0.15) is 12.0 Å². The van der Waals surface area contributed by atoms with Crippen molar-refractivity contribution in [3.63, 3.8) is 0 Å². The summed E-state index contributed by atoms with van der Waals surface area (Å²) in [6.07, 6.45) is 5.10. The quantitative estimate of drug-likeness (QED) is 0.142. The second kappa shape index (κ2) is 11.0. The number of likely N-dealkylation sites (tertiary alicyclic amines) is 1. The van der Waals surface area contributed by atoms with Gasteiger partial charge >= 0.3 is 0 Å². The predicted octanol–water partition coefficient (Wildman–Crippen LogP) is 0.902. The Hall–Kier alpha value is -2.63. The van der Waals surface area contributed by atoms with Gasteiger partial charge in [-0.2, -0.15) is 0 Å². The molecule has 9 nitrogen and oxygen atoms in total. The van der Waals surface area contributed by atoms with Gasteiger partial charge in [0.25, 0.3) is 0 Å². The molecule has 2 fully saturated rings. The van der Waals surface area contributed by atoms with Crippen molar-refractivity contribution in [2.75, 3.05) is 33.8 Å². The molecule has 1 aromatic rings. The number of allylic oxidation sites excluding steroid dienone is 2. The third-order valence-electron chi connectivity index (χ3n) is 6.48. The van der Waals surface area contributed by atoms with Crippen molar-refractivity contribution >= 4 is 47.7 Å². The standard InChI is InChI=1S/C23H29N5O4.HI/c1-24-23(27-13-18(29)26-12-14-3-7-17(32-2)8-4-14)25-9-10-28-21(30)19-15-5-6-16(11-15)20(19)22(28)31;/h3-8,15-16,19-20H,9-13H2,1-2H3,(H,26,29)(H2,24,25,27);1H. The van der Waals surface area contributed by atoms with Crippen LogP contribution in [0.3, 0.4) is 0 Å². The molecule has 3 N–H and O–H groups in total. The first-order chi connectivity index (χ1) is 15.5. The number of guanidine groups is 1. The van der Waals surface area contributed by atoms with Crippen LogP contribution in [-0.2, 0) is 20.9 Å². The number of methoxy groups -OCH3 is 1. The van der Waals surface area contributed by atoms with E-state index in [4.69, 9.17) is 4.74 Å². The number of aliphatic imine (C=N–C) groups is 1. The van der Waals surface area contributed by atoms with Gasteiger partial charge in [0.2, 0.25) is 17.7 Å². The number of carbonyl (C=O) groups is 3. The maximum Gasteiger partial charge on any atom is 0.239 e. The largest absolute Gasteiger partial charge is 0.497 e. The summed E-state index contributed by atoms with van der Waals surface area (Å²) < 4.78 is 5.12. The molecule has 33 heavy (non-hydrogen) atoms. The van der Waals surface area contributed by atoms with Gasteiger partial charge in [0, 0.05) is 26.7 Å². The van der Waals surface area contributed by atoms with Gasteiger partial charge in [0.1, 0.15) is 5.75 Å². The number of hydrogen-bond acceptors (Lipinski definition) is 5. The lowest BCUT2D eigenvalue weighted by molar-refractivity contribution is -0.140. The van der Waals surface area contributed by atoms with Crippen LogP contribution in [-0.4, -0.2) is 62.4 Å². The number of amides is 3. The SMILES string of the molecule is CN=C(NCCN1C(=O)C2C3C=CC(C3)C2C1=O)NCC(=O)NCc1ccc(OC)cc1.I. The molecule has 2 bridgehead atoms. The van der Waals surface area contributed by atoms with Gasteiger partial charge in [0.05, 0.1) is 25.5 Å². The van der Waals surface area contributed by atoms with Crippen LogP contribution in [0.4, 0.5) is 0 Å². The molecule has 1 heterocycles. The highest BCUT2D eigenvalue weighted by molar-refractivity contribution is 14.0. The normalized spacial score (nSPS) is 25.0. The summed E-state index contributed by atoms with van der Waals surface area (Å²) in [4.78, 5) is 43.0. The Morgan fingerprint density at radius 2 is 1.70 bits per heavy atom. The van der Waals surface area contributed by atoms with Crippen molar-refractivity contribution in [1.82, 2.24) is 20.9 Å². The number of nitrogens with zero attached hydrogens (tertiary/aromatic N) is 2. The highest BCUT2D eigenvalue weighted by Gasteiger charge is 2.58. The summed E-state index contributed by atoms with van der Waals surface area (Å²) in [6, 6.07) is 7.47. The Bertz CT molecular complexity index is 919. The molecule has 1 aromatic carbocycles. The third kappa shape index (κ3) is 5.31. The molecule has 3 amide bonds. The number of rotatable bonds is 8. The third-order valence-corrected chi connectivity index (χ3v) is 6.48. The van der Waals surface area contributed by atoms with E-state index in [1.807, 2.05) is 24.3 Å². The molecule has 0 spiro atoms. The zero-order chi connectivity index (χ0) is 22.7. The van der Waals surface area contributed by atoms with Crippen LogP contribution in [0.2, 0.25) is 0 Å². The van der Waals surface area contributed by atoms with E-state index >= 15 is 0 Å². The van der Waals surface area contributed by atoms with E-state index in [0.717, 1.165) is 17.7 Å². The fraction of sp³-hybridized carbons (Fsp3) is 0.478. The fourth-order valence-corrected chi connectivity index (χ4v) is 4.86. The summed E-state index contributed by atoms with van der Waals surface area (Å²) in [5.41, 5.74) is 0.968. The van der Waals surface area contributed by atoms with Crippen molar-refractivity contribution in [3.8, 4) is 5.75 Å². The van der Waals surface area contributed by atoms with E-state index < -0.39 is 0 Å². The minimum Gasteiger partial charge on any atom is -0.497 e. The van der Waals surface area contributed by atoms with Crippen molar-refractivity contribution < 1.29 is 19.1 Å². The van der Waals surface area contributed by atoms with Crippen molar-refractivity contribution in [3.05, 3.63) is 42.0 Å². The van der Waals surface area contributed by atoms with Crippen LogP contribution >= 0.6 is 24.0 Å². The molecule has 10 heteroatoms. The summed E-state index contributed by atoms with van der Waals surface area (Å²) in [6.45, 7) is 1.12. The molecular weight excluding hydrogens is 537 g/mol. The van der Waals surface area contributed by atoms with E-state index in [2.05, 4.69) is 33.1 Å². The highest BCUT2D eigenvalue weighted by atomic mass is 127. The number of carbonyl (C=O) groups excluding carboxylic acids is 3. The topological polar surface area (TPSA) is 112 Å². The number of nitrogens with one attached hydrogen (secondary N) is 3. The average Bonchev–Trinajstić information content (AvgIpc) is 3.49. The molecule has 178 valence electrons. The van der Waals surface area contributed by atoms with Crippen LogP contribution < -0.4 is 20.7 Å². The molecular formula is C23H30IN5O4. The zero-order valence-corrected chi connectivity index (χ0v) is 21.1. The Labute approximate surface area is 210 Å². The maximum atomic E-state index is 12.7. The first-order valence-electron chi connectivity index (χ1n) is 10.9. The molecule has 0 radical (unpaired) electrons. The van der Waals surface area contributed by atoms with Gasteiger partial charge in [-0.3, -0.25) is 24.3 Å². The number of imide groups is 1. The number of halogens is 1. The van der Waals surface area contributed by atoms with Crippen LogP contribution in [0, 0.1) is 23.7 Å². The van der Waals surface area contributed by atoms with E-state index in [0.29, 0.717) is 19.0 Å². The number of ether oxygens (including phenoxy) is 1. The van der Waals surface area contributed by atoms with Gasteiger partial charge in [-0.05, 0) is 36.0 Å². The first kappa shape index (κ1) is 25.0. The molecule has 2 aliphatic carbocycles. The maximum absolute atomic E-state index is 12.7. The Balaban J connectivity index is 0.00000306. The zero-order valence-electron chi connectivity index (χ0n) is 18.7. The van der Waals surface area contributed by atoms with Gasteiger partial charge in [-0.1, -0.05) is 24.3 Å². The second-order valence-electron chi connectivity index (χ2n) is 8.31. The van der Waals surface area contributed by atoms with Gasteiger partial charge in [-0.25, -0.2) is 0 Å². The predicted molar refractivity (Wildman–Crippen MR) is 134 cm³/mol. The lowest BCUT2D eigenvalue weighted by atomic mass is 9.85. The molecule has 3 aliphatic rings. The minimum absolute atomic E-state index is 0. The molecule has 4 atom stereocenters. The van der Waals surface area contributed by atoms with E-state index in [1.54, 1.807) is 14.2 Å². The van der Waals surface area contributed by atoms with Crippen molar-refractivity contribution in [2.45, 2.75) is 13.0 Å². The van der Waals surface area contributed by atoms with Gasteiger partial charge in [-0.15, -0.1) is 24.0 Å². The van der Waals surface area contributed by atoms with Crippen molar-refractivity contribution in [2.24, 2.45) is 28.7 Å². The summed E-state index contributed by atoms with van der Waals surface area (Å²) in [7, 11) is 3.21. The molecule has 0 aromatic heterocycles. The Morgan fingerprint density at radius 1 is 1.06 bits per heavy atom. The second-order valence-corrected chi connectivity index (χ2v) is 8.31. The highest BCUT2D eigenvalue weighted by Crippen LogP contribution is 2.52. The van der Waals surface area contributed by atoms with Gasteiger partial charge in [0.15, 0.2) is 5.96 Å². The van der Waals surface area contributed by atoms with Gasteiger partial charge < -0.3 is 20.7 Å². The summed E-state index contributed by atoms with van der Waals surface area (Å²) in [5, 5.41) is 8.85. The summed E-state index contributed by atoms with van der Waals surface area (Å²) >= 11 is 0. The molecule has 4 rings (SSSR count). The Morgan fingerprint density at radius 3 is 2.27 bits per heavy atom. The number of fused-ring (bicyclic) bond motifs is 5. The number of hydrogen-bond donors (Lipinski definition) is 3. The lowest BCUT2D eigenvalue weighted by Gasteiger charge is -2.18. The molecule has 4 unspecified atom stereocenters. The van der Waals surface area contributed by atoms with Crippen LogP contribution in [0.25, 0.3) is 0 Å². The average molecular weight is 567 g/mol. The fourth-order valence-electron chi connectivity index (χ4n) is 4.86.